The van der Waals surface area contributed by atoms with Crippen molar-refractivity contribution in [2.24, 2.45) is 7.05 Å². The van der Waals surface area contributed by atoms with Crippen molar-refractivity contribution in [2.45, 2.75) is 51.4 Å². The molecule has 10 nitrogen and oxygen atoms in total. The van der Waals surface area contributed by atoms with Crippen LogP contribution in [-0.2, 0) is 27.7 Å². The molecule has 0 saturated carbocycles. The fourth-order valence-electron chi connectivity index (χ4n) is 4.15. The highest BCUT2D eigenvalue weighted by Crippen LogP contribution is 2.24. The average Bonchev–Trinajstić information content (AvgIpc) is 3.06. The maximum Gasteiger partial charge on any atom is 0.410 e. The maximum absolute atomic E-state index is 12.9. The van der Waals surface area contributed by atoms with Crippen LogP contribution < -0.4 is 5.32 Å². The summed E-state index contributed by atoms with van der Waals surface area (Å²) in [7, 11) is 1.85. The Labute approximate surface area is 216 Å². The largest absolute Gasteiger partial charge is 0.444 e. The van der Waals surface area contributed by atoms with Crippen molar-refractivity contribution < 1.29 is 19.1 Å². The monoisotopic (exact) mass is 504 g/mol. The number of benzene rings is 2. The first-order valence-electron chi connectivity index (χ1n) is 12.3. The number of carbonyl (C=O) groups excluding carboxylic acids is 2. The van der Waals surface area contributed by atoms with E-state index in [-0.39, 0.29) is 6.54 Å². The number of hydrogen-bond acceptors (Lipinski definition) is 7. The molecule has 3 aromatic rings. The lowest BCUT2D eigenvalue weighted by atomic mass is 10.0. The van der Waals surface area contributed by atoms with Crippen molar-refractivity contribution in [1.29, 1.82) is 5.26 Å². The number of aromatic nitrogens is 3. The van der Waals surface area contributed by atoms with Crippen LogP contribution in [0.2, 0.25) is 0 Å². The van der Waals surface area contributed by atoms with Gasteiger partial charge in [0, 0.05) is 26.6 Å². The van der Waals surface area contributed by atoms with Crippen LogP contribution in [0.5, 0.6) is 0 Å². The highest BCUT2D eigenvalue weighted by molar-refractivity contribution is 5.83. The van der Waals surface area contributed by atoms with Crippen LogP contribution in [0.1, 0.15) is 32.8 Å². The lowest BCUT2D eigenvalue weighted by Gasteiger charge is -2.27. The Balaban J connectivity index is 1.38. The smallest absolute Gasteiger partial charge is 0.410 e. The summed E-state index contributed by atoms with van der Waals surface area (Å²) < 4.78 is 12.9. The van der Waals surface area contributed by atoms with Gasteiger partial charge < -0.3 is 19.7 Å². The number of nitrogens with one attached hydrogen (secondary N) is 1. The molecule has 0 radical (unpaired) electrons. The third-order valence-corrected chi connectivity index (χ3v) is 6.03. The van der Waals surface area contributed by atoms with Crippen LogP contribution in [0.3, 0.4) is 0 Å². The second kappa shape index (κ2) is 11.0. The van der Waals surface area contributed by atoms with Crippen molar-refractivity contribution in [3.05, 3.63) is 48.0 Å². The zero-order chi connectivity index (χ0) is 26.6. The third kappa shape index (κ3) is 6.62. The van der Waals surface area contributed by atoms with E-state index in [1.165, 1.54) is 4.90 Å². The van der Waals surface area contributed by atoms with E-state index in [1.807, 2.05) is 49.5 Å². The minimum absolute atomic E-state index is 0.0735. The molecule has 2 heterocycles. The standard InChI is InChI=1S/C27H32N6O4/c1-27(2,3)37-26(35)33-12-5-13-36-24(17-33)25(34)29-21(16-28)14-18-6-8-19(9-7-18)20-10-11-22-23(15-20)32(4)31-30-22/h6-11,15,21,24H,5,12-14,17H2,1-4H3,(H,29,34)/t21-,24-/m0/s1. The summed E-state index contributed by atoms with van der Waals surface area (Å²) in [5.74, 6) is -0.420. The molecule has 1 aromatic heterocycles. The Morgan fingerprint density at radius 2 is 1.95 bits per heavy atom. The van der Waals surface area contributed by atoms with E-state index in [4.69, 9.17) is 9.47 Å². The Morgan fingerprint density at radius 1 is 1.22 bits per heavy atom. The summed E-state index contributed by atoms with van der Waals surface area (Å²) in [4.78, 5) is 26.9. The molecule has 1 fully saturated rings. The summed E-state index contributed by atoms with van der Waals surface area (Å²) in [5, 5.41) is 20.6. The average molecular weight is 505 g/mol. The molecule has 0 bridgehead atoms. The summed E-state index contributed by atoms with van der Waals surface area (Å²) in [5.41, 5.74) is 4.12. The molecule has 1 saturated heterocycles. The second-order valence-electron chi connectivity index (χ2n) is 10.1. The van der Waals surface area contributed by atoms with Crippen LogP contribution in [0.4, 0.5) is 4.79 Å². The van der Waals surface area contributed by atoms with E-state index < -0.39 is 29.7 Å². The van der Waals surface area contributed by atoms with Gasteiger partial charge in [-0.05, 0) is 56.0 Å². The van der Waals surface area contributed by atoms with E-state index in [0.717, 1.165) is 27.7 Å². The number of ether oxygens (including phenoxy) is 2. The summed E-state index contributed by atoms with van der Waals surface area (Å²) in [6.45, 7) is 6.25. The van der Waals surface area contributed by atoms with Gasteiger partial charge in [0.25, 0.3) is 5.91 Å². The molecular weight excluding hydrogens is 472 g/mol. The van der Waals surface area contributed by atoms with Gasteiger partial charge >= 0.3 is 6.09 Å². The van der Waals surface area contributed by atoms with Gasteiger partial charge in [0.1, 0.15) is 17.2 Å². The number of nitrogens with zero attached hydrogens (tertiary/aromatic N) is 5. The van der Waals surface area contributed by atoms with Crippen molar-refractivity contribution in [3.63, 3.8) is 0 Å². The predicted octanol–water partition coefficient (Wildman–Crippen LogP) is 3.21. The van der Waals surface area contributed by atoms with Crippen LogP contribution in [0.15, 0.2) is 42.5 Å². The predicted molar refractivity (Wildman–Crippen MR) is 137 cm³/mol. The van der Waals surface area contributed by atoms with E-state index in [1.54, 1.807) is 25.5 Å². The van der Waals surface area contributed by atoms with E-state index >= 15 is 0 Å². The Morgan fingerprint density at radius 3 is 2.65 bits per heavy atom. The normalized spacial score (nSPS) is 17.1. The number of rotatable bonds is 5. The van der Waals surface area contributed by atoms with Gasteiger partial charge in [0.15, 0.2) is 6.10 Å². The minimum Gasteiger partial charge on any atom is -0.444 e. The van der Waals surface area contributed by atoms with Gasteiger partial charge in [-0.25, -0.2) is 9.48 Å². The lowest BCUT2D eigenvalue weighted by Crippen LogP contribution is -2.48. The summed E-state index contributed by atoms with van der Waals surface area (Å²) >= 11 is 0. The van der Waals surface area contributed by atoms with Gasteiger partial charge in [-0.15, -0.1) is 5.10 Å². The fourth-order valence-corrected chi connectivity index (χ4v) is 4.15. The van der Waals surface area contributed by atoms with Gasteiger partial charge in [-0.2, -0.15) is 5.26 Å². The van der Waals surface area contributed by atoms with Crippen molar-refractivity contribution in [3.8, 4) is 17.2 Å². The van der Waals surface area contributed by atoms with Crippen LogP contribution in [-0.4, -0.2) is 69.3 Å². The Bertz CT molecular complexity index is 1310. The molecule has 194 valence electrons. The molecule has 10 heteroatoms. The van der Waals surface area contributed by atoms with Gasteiger partial charge in [-0.3, -0.25) is 4.79 Å². The van der Waals surface area contributed by atoms with Gasteiger partial charge in [-0.1, -0.05) is 35.5 Å². The van der Waals surface area contributed by atoms with Crippen LogP contribution >= 0.6 is 0 Å². The molecule has 37 heavy (non-hydrogen) atoms. The third-order valence-electron chi connectivity index (χ3n) is 6.03. The molecule has 2 amide bonds. The Hall–Kier alpha value is -3.97. The molecule has 1 aliphatic rings. The van der Waals surface area contributed by atoms with E-state index in [9.17, 15) is 14.9 Å². The van der Waals surface area contributed by atoms with Crippen molar-refractivity contribution in [2.75, 3.05) is 19.7 Å². The zero-order valence-corrected chi connectivity index (χ0v) is 21.6. The minimum atomic E-state index is -0.871. The number of aryl methyl sites for hydroxylation is 1. The molecule has 2 aromatic carbocycles. The Kier molecular flexibility index (Phi) is 7.74. The van der Waals surface area contributed by atoms with Gasteiger partial charge in [0.05, 0.1) is 18.1 Å². The SMILES string of the molecule is Cn1nnc2ccc(-c3ccc(C[C@@H](C#N)NC(=O)[C@@H]4CN(C(=O)OC(C)(C)C)CCCO4)cc3)cc21. The van der Waals surface area contributed by atoms with E-state index in [0.29, 0.717) is 26.0 Å². The van der Waals surface area contributed by atoms with Crippen molar-refractivity contribution in [1.82, 2.24) is 25.2 Å². The fraction of sp³-hybridized carbons (Fsp3) is 0.444. The van der Waals surface area contributed by atoms with Crippen molar-refractivity contribution >= 4 is 23.0 Å². The molecule has 0 aliphatic carbocycles. The molecule has 1 aliphatic heterocycles. The second-order valence-corrected chi connectivity index (χ2v) is 10.1. The zero-order valence-electron chi connectivity index (χ0n) is 21.6. The molecule has 4 rings (SSSR count). The van der Waals surface area contributed by atoms with Crippen LogP contribution in [0, 0.1) is 11.3 Å². The first-order valence-corrected chi connectivity index (χ1v) is 12.3. The van der Waals surface area contributed by atoms with Crippen LogP contribution in [0.25, 0.3) is 22.2 Å². The number of hydrogen-bond donors (Lipinski definition) is 1. The van der Waals surface area contributed by atoms with Gasteiger partial charge in [0.2, 0.25) is 0 Å². The number of amides is 2. The number of nitriles is 1. The summed E-state index contributed by atoms with van der Waals surface area (Å²) in [6.07, 6.45) is -0.409. The maximum atomic E-state index is 12.9. The number of carbonyl (C=O) groups is 2. The molecule has 0 unspecified atom stereocenters. The summed E-state index contributed by atoms with van der Waals surface area (Å²) in [6, 6.07) is 15.3. The molecule has 0 spiro atoms. The lowest BCUT2D eigenvalue weighted by molar-refractivity contribution is -0.133. The van der Waals surface area contributed by atoms with E-state index in [2.05, 4.69) is 21.7 Å². The molecule has 2 atom stereocenters. The number of fused-ring (bicyclic) bond motifs is 1. The first kappa shape index (κ1) is 26.1. The molecule has 1 N–H and O–H groups in total. The highest BCUT2D eigenvalue weighted by Gasteiger charge is 2.31. The molecular formula is C27H32N6O4. The first-order chi connectivity index (χ1) is 17.6. The highest BCUT2D eigenvalue weighted by atomic mass is 16.6. The quantitative estimate of drug-likeness (QED) is 0.566. The topological polar surface area (TPSA) is 122 Å².